The number of carbonyl (C=O) groups excluding carboxylic acids is 1. The van der Waals surface area contributed by atoms with Gasteiger partial charge in [-0.25, -0.2) is 4.98 Å². The predicted molar refractivity (Wildman–Crippen MR) is 80.2 cm³/mol. The third kappa shape index (κ3) is 2.03. The Hall–Kier alpha value is -3.42. The molecule has 3 rings (SSSR count). The predicted octanol–water partition coefficient (Wildman–Crippen LogP) is 1.77. The monoisotopic (exact) mass is 297 g/mol. The Bertz CT molecular complexity index is 871. The van der Waals surface area contributed by atoms with Gasteiger partial charge in [-0.15, -0.1) is 0 Å². The minimum absolute atomic E-state index is 0.0551. The van der Waals surface area contributed by atoms with Gasteiger partial charge in [0.05, 0.1) is 33.9 Å². The first-order chi connectivity index (χ1) is 10.5. The van der Waals surface area contributed by atoms with Crippen LogP contribution in [0.15, 0.2) is 36.7 Å². The lowest BCUT2D eigenvalue weighted by atomic mass is 10.0. The van der Waals surface area contributed by atoms with Crippen molar-refractivity contribution in [3.8, 4) is 22.5 Å². The van der Waals surface area contributed by atoms with Crippen molar-refractivity contribution in [3.63, 3.8) is 0 Å². The molecule has 1 aromatic carbocycles. The van der Waals surface area contributed by atoms with E-state index in [9.17, 15) is 14.9 Å². The topological polar surface area (TPSA) is 141 Å². The third-order valence-corrected chi connectivity index (χ3v) is 3.36. The van der Waals surface area contributed by atoms with Crippen LogP contribution in [0.5, 0.6) is 0 Å². The van der Waals surface area contributed by atoms with Gasteiger partial charge in [0.1, 0.15) is 0 Å². The summed E-state index contributed by atoms with van der Waals surface area (Å²) in [5.74, 6) is -0.646. The van der Waals surface area contributed by atoms with E-state index in [1.54, 1.807) is 12.1 Å². The van der Waals surface area contributed by atoms with Crippen LogP contribution in [-0.2, 0) is 0 Å². The van der Waals surface area contributed by atoms with Crippen molar-refractivity contribution in [2.75, 3.05) is 5.73 Å². The van der Waals surface area contributed by atoms with E-state index in [4.69, 9.17) is 11.5 Å². The second kappa shape index (κ2) is 4.85. The zero-order chi connectivity index (χ0) is 15.9. The smallest absolute Gasteiger partial charge is 0.270 e. The maximum absolute atomic E-state index is 11.4. The molecule has 0 fully saturated rings. The average molecular weight is 297 g/mol. The highest BCUT2D eigenvalue weighted by molar-refractivity contribution is 6.06. The molecule has 8 nitrogen and oxygen atoms in total. The van der Waals surface area contributed by atoms with Crippen LogP contribution in [0.1, 0.15) is 10.4 Å². The van der Waals surface area contributed by atoms with E-state index in [0.29, 0.717) is 22.5 Å². The van der Waals surface area contributed by atoms with Crippen molar-refractivity contribution < 1.29 is 9.72 Å². The lowest BCUT2D eigenvalue weighted by Gasteiger charge is -2.08. The van der Waals surface area contributed by atoms with E-state index in [1.807, 2.05) is 0 Å². The van der Waals surface area contributed by atoms with Gasteiger partial charge in [0.15, 0.2) is 0 Å². The molecule has 1 heterocycles. The fourth-order valence-corrected chi connectivity index (χ4v) is 2.36. The van der Waals surface area contributed by atoms with Gasteiger partial charge >= 0.3 is 0 Å². The summed E-state index contributed by atoms with van der Waals surface area (Å²) < 4.78 is 0. The fraction of sp³-hybridized carbons (Fsp3) is 0. The van der Waals surface area contributed by atoms with Crippen LogP contribution in [0, 0.1) is 10.1 Å². The van der Waals surface area contributed by atoms with Crippen LogP contribution in [0.25, 0.3) is 22.5 Å². The highest BCUT2D eigenvalue weighted by atomic mass is 16.6. The van der Waals surface area contributed by atoms with E-state index in [2.05, 4.69) is 9.97 Å². The number of non-ortho nitro benzene ring substituents is 1. The van der Waals surface area contributed by atoms with E-state index in [1.165, 1.54) is 24.5 Å². The summed E-state index contributed by atoms with van der Waals surface area (Å²) in [5.41, 5.74) is 13.7. The number of aromatic nitrogens is 2. The zero-order valence-electron chi connectivity index (χ0n) is 11.2. The number of H-pyrrole nitrogens is 1. The molecule has 8 heteroatoms. The standard InChI is InChI=1S/C14H11N5O3/c15-12-9(14(16)20)5-10-11(12)13(18-6-17-10)7-2-1-3-8(4-7)19(21)22/h1-6H,15H2,(H2,16,20)(H,17,18). The average Bonchev–Trinajstić information content (AvgIpc) is 2.85. The first-order valence-corrected chi connectivity index (χ1v) is 6.29. The van der Waals surface area contributed by atoms with Crippen molar-refractivity contribution in [2.24, 2.45) is 5.73 Å². The molecular formula is C14H11N5O3. The number of nitrogen functional groups attached to an aromatic ring is 1. The molecule has 0 aromatic heterocycles. The number of nitro groups is 1. The maximum Gasteiger partial charge on any atom is 0.270 e. The largest absolute Gasteiger partial charge is 0.397 e. The number of rotatable bonds is 3. The molecule has 0 radical (unpaired) electrons. The van der Waals surface area contributed by atoms with Crippen LogP contribution in [-0.4, -0.2) is 20.8 Å². The number of nitrogens with two attached hydrogens (primary N) is 2. The van der Waals surface area contributed by atoms with Gasteiger partial charge in [-0.3, -0.25) is 14.9 Å². The second-order valence-electron chi connectivity index (χ2n) is 4.68. The number of nitrogens with one attached hydrogen (secondary N) is 1. The normalized spacial score (nSPS) is 10.7. The highest BCUT2D eigenvalue weighted by Gasteiger charge is 2.22. The van der Waals surface area contributed by atoms with E-state index in [-0.39, 0.29) is 16.9 Å². The molecule has 0 unspecified atom stereocenters. The maximum atomic E-state index is 11.4. The Labute approximate surface area is 124 Å². The molecule has 5 N–H and O–H groups in total. The minimum Gasteiger partial charge on any atom is -0.397 e. The number of carbonyl (C=O) groups is 1. The van der Waals surface area contributed by atoms with Crippen LogP contribution in [0.2, 0.25) is 0 Å². The number of aromatic amines is 1. The Kier molecular flexibility index (Phi) is 2.99. The first-order valence-electron chi connectivity index (χ1n) is 6.29. The van der Waals surface area contributed by atoms with E-state index >= 15 is 0 Å². The number of hydrogen-bond acceptors (Lipinski definition) is 5. The van der Waals surface area contributed by atoms with Crippen LogP contribution < -0.4 is 11.5 Å². The molecule has 1 aliphatic carbocycles. The number of fused-ring (bicyclic) bond motifs is 1. The molecule has 2 aliphatic rings. The number of anilines is 1. The van der Waals surface area contributed by atoms with Gasteiger partial charge in [-0.05, 0) is 6.07 Å². The minimum atomic E-state index is -0.646. The van der Waals surface area contributed by atoms with Crippen molar-refractivity contribution in [3.05, 3.63) is 52.3 Å². The quantitative estimate of drug-likeness (QED) is 0.499. The third-order valence-electron chi connectivity index (χ3n) is 3.36. The molecule has 1 aliphatic heterocycles. The Morgan fingerprint density at radius 2 is 2.09 bits per heavy atom. The Morgan fingerprint density at radius 3 is 2.77 bits per heavy atom. The van der Waals surface area contributed by atoms with Gasteiger partial charge in [0.25, 0.3) is 11.6 Å². The SMILES string of the molecule is NC(=O)c1cc2[nH]cnc(-c3cccc([N+](=O)[O-])c3)c-2c1N. The molecular weight excluding hydrogens is 286 g/mol. The molecule has 0 saturated carbocycles. The van der Waals surface area contributed by atoms with E-state index < -0.39 is 10.8 Å². The van der Waals surface area contributed by atoms with Crippen molar-refractivity contribution in [1.82, 2.24) is 9.97 Å². The Morgan fingerprint density at radius 1 is 1.32 bits per heavy atom. The molecule has 1 amide bonds. The first kappa shape index (κ1) is 13.6. The summed E-state index contributed by atoms with van der Waals surface area (Å²) in [4.78, 5) is 28.9. The molecule has 22 heavy (non-hydrogen) atoms. The summed E-state index contributed by atoms with van der Waals surface area (Å²) in [6.45, 7) is 0. The van der Waals surface area contributed by atoms with Gasteiger partial charge in [0, 0.05) is 23.3 Å². The molecule has 0 spiro atoms. The van der Waals surface area contributed by atoms with Crippen LogP contribution in [0.3, 0.4) is 0 Å². The fourth-order valence-electron chi connectivity index (χ4n) is 2.36. The van der Waals surface area contributed by atoms with Crippen molar-refractivity contribution in [2.45, 2.75) is 0 Å². The second-order valence-corrected chi connectivity index (χ2v) is 4.68. The van der Waals surface area contributed by atoms with Crippen LogP contribution >= 0.6 is 0 Å². The summed E-state index contributed by atoms with van der Waals surface area (Å²) in [6.07, 6.45) is 1.43. The number of primary amides is 1. The number of hydrogen-bond donors (Lipinski definition) is 3. The van der Waals surface area contributed by atoms with Gasteiger partial charge in [-0.2, -0.15) is 0 Å². The van der Waals surface area contributed by atoms with Crippen molar-refractivity contribution >= 4 is 17.3 Å². The number of benzene rings is 1. The lowest BCUT2D eigenvalue weighted by molar-refractivity contribution is -0.384. The van der Waals surface area contributed by atoms with Gasteiger partial charge in [0.2, 0.25) is 0 Å². The Balaban J connectivity index is 2.26. The van der Waals surface area contributed by atoms with Gasteiger partial charge in [-0.1, -0.05) is 12.1 Å². The molecule has 0 atom stereocenters. The summed E-state index contributed by atoms with van der Waals surface area (Å²) in [6, 6.07) is 7.57. The summed E-state index contributed by atoms with van der Waals surface area (Å²) >= 11 is 0. The van der Waals surface area contributed by atoms with Crippen molar-refractivity contribution in [1.29, 1.82) is 0 Å². The number of nitrogens with zero attached hydrogens (tertiary/aromatic N) is 2. The molecule has 110 valence electrons. The molecule has 0 bridgehead atoms. The van der Waals surface area contributed by atoms with E-state index in [0.717, 1.165) is 0 Å². The molecule has 0 saturated heterocycles. The van der Waals surface area contributed by atoms with Gasteiger partial charge < -0.3 is 16.5 Å². The summed E-state index contributed by atoms with van der Waals surface area (Å²) in [7, 11) is 0. The summed E-state index contributed by atoms with van der Waals surface area (Å²) in [5, 5.41) is 10.9. The number of amides is 1. The lowest BCUT2D eigenvalue weighted by Crippen LogP contribution is -2.11. The molecule has 1 aromatic rings. The van der Waals surface area contributed by atoms with Crippen LogP contribution in [0.4, 0.5) is 11.4 Å². The number of nitro benzene ring substituents is 1. The highest BCUT2D eigenvalue weighted by Crippen LogP contribution is 2.39. The zero-order valence-corrected chi connectivity index (χ0v) is 11.2.